The Balaban J connectivity index is 2.39. The van der Waals surface area contributed by atoms with Crippen molar-refractivity contribution in [2.45, 2.75) is 12.5 Å². The summed E-state index contributed by atoms with van der Waals surface area (Å²) in [7, 11) is 1.59. The van der Waals surface area contributed by atoms with Gasteiger partial charge in [0, 0.05) is 11.6 Å². The summed E-state index contributed by atoms with van der Waals surface area (Å²) in [5.41, 5.74) is 0.316. The van der Waals surface area contributed by atoms with E-state index < -0.39 is 17.7 Å². The maximum Gasteiger partial charge on any atom is 0.145 e. The summed E-state index contributed by atoms with van der Waals surface area (Å²) in [6, 6.07) is 8.05. The van der Waals surface area contributed by atoms with Gasteiger partial charge in [-0.05, 0) is 53.2 Å². The van der Waals surface area contributed by atoms with Gasteiger partial charge in [0.15, 0.2) is 0 Å². The molecule has 0 radical (unpaired) electrons. The molecule has 0 amide bonds. The van der Waals surface area contributed by atoms with Crippen LogP contribution >= 0.6 is 15.9 Å². The lowest BCUT2D eigenvalue weighted by Crippen LogP contribution is -2.22. The highest BCUT2D eigenvalue weighted by molar-refractivity contribution is 9.10. The number of likely N-dealkylation sites (N-methyl/N-ethyl adjacent to an activating group) is 1. The Hall–Kier alpha value is -1.33. The first-order chi connectivity index (χ1) is 9.54. The first-order valence-corrected chi connectivity index (χ1v) is 6.88. The summed E-state index contributed by atoms with van der Waals surface area (Å²) >= 11 is 3.03. The van der Waals surface area contributed by atoms with Crippen molar-refractivity contribution in [2.24, 2.45) is 0 Å². The zero-order valence-corrected chi connectivity index (χ0v) is 12.3. The quantitative estimate of drug-likeness (QED) is 0.813. The van der Waals surface area contributed by atoms with Crippen molar-refractivity contribution < 1.29 is 13.2 Å². The molecule has 0 bridgehead atoms. The van der Waals surface area contributed by atoms with Crippen LogP contribution in [0.15, 0.2) is 40.9 Å². The number of benzene rings is 2. The second kappa shape index (κ2) is 6.41. The molecule has 1 N–H and O–H groups in total. The van der Waals surface area contributed by atoms with E-state index in [4.69, 9.17) is 0 Å². The Labute approximate surface area is 123 Å². The number of hydrogen-bond donors (Lipinski definition) is 1. The van der Waals surface area contributed by atoms with Crippen LogP contribution in [0.1, 0.15) is 17.2 Å². The van der Waals surface area contributed by atoms with Crippen LogP contribution in [0.3, 0.4) is 0 Å². The molecule has 2 rings (SSSR count). The first-order valence-electron chi connectivity index (χ1n) is 6.08. The molecule has 2 aromatic carbocycles. The van der Waals surface area contributed by atoms with Crippen LogP contribution in [0.25, 0.3) is 0 Å². The van der Waals surface area contributed by atoms with Crippen molar-refractivity contribution >= 4 is 15.9 Å². The highest BCUT2D eigenvalue weighted by atomic mass is 79.9. The van der Waals surface area contributed by atoms with Crippen LogP contribution in [0.4, 0.5) is 13.2 Å². The number of rotatable bonds is 4. The molecule has 0 saturated carbocycles. The van der Waals surface area contributed by atoms with E-state index in [1.165, 1.54) is 18.2 Å². The van der Waals surface area contributed by atoms with Gasteiger partial charge in [0.05, 0.1) is 4.47 Å². The topological polar surface area (TPSA) is 12.0 Å². The molecule has 20 heavy (non-hydrogen) atoms. The minimum Gasteiger partial charge on any atom is -0.313 e. The lowest BCUT2D eigenvalue weighted by Gasteiger charge is -2.19. The molecule has 0 heterocycles. The molecule has 0 aliphatic rings. The maximum absolute atomic E-state index is 14.1. The Kier molecular flexibility index (Phi) is 4.83. The fourth-order valence-electron chi connectivity index (χ4n) is 2.09. The van der Waals surface area contributed by atoms with E-state index in [0.29, 0.717) is 5.56 Å². The predicted octanol–water partition coefficient (Wildman–Crippen LogP) is 4.37. The van der Waals surface area contributed by atoms with Gasteiger partial charge in [0.2, 0.25) is 0 Å². The SMILES string of the molecule is CNC(Cc1ccccc1F)c1c(F)ccc(Br)c1F. The molecule has 106 valence electrons. The van der Waals surface area contributed by atoms with Gasteiger partial charge < -0.3 is 5.32 Å². The largest absolute Gasteiger partial charge is 0.313 e. The predicted molar refractivity (Wildman–Crippen MR) is 76.0 cm³/mol. The second-order valence-electron chi connectivity index (χ2n) is 4.39. The van der Waals surface area contributed by atoms with Crippen molar-refractivity contribution in [2.75, 3.05) is 7.05 Å². The summed E-state index contributed by atoms with van der Waals surface area (Å²) < 4.78 is 41.8. The molecule has 0 aromatic heterocycles. The van der Waals surface area contributed by atoms with Crippen LogP contribution in [-0.2, 0) is 6.42 Å². The van der Waals surface area contributed by atoms with Gasteiger partial charge in [-0.25, -0.2) is 13.2 Å². The molecule has 1 nitrogen and oxygen atoms in total. The van der Waals surface area contributed by atoms with E-state index in [0.717, 1.165) is 0 Å². The average Bonchev–Trinajstić information content (AvgIpc) is 2.44. The normalized spacial score (nSPS) is 12.4. The maximum atomic E-state index is 14.1. The fourth-order valence-corrected chi connectivity index (χ4v) is 2.44. The number of nitrogens with one attached hydrogen (secondary N) is 1. The first kappa shape index (κ1) is 15.1. The van der Waals surface area contributed by atoms with E-state index >= 15 is 0 Å². The van der Waals surface area contributed by atoms with E-state index in [9.17, 15) is 13.2 Å². The molecule has 2 aromatic rings. The van der Waals surface area contributed by atoms with Crippen LogP contribution in [0.2, 0.25) is 0 Å². The lowest BCUT2D eigenvalue weighted by atomic mass is 9.97. The van der Waals surface area contributed by atoms with Gasteiger partial charge in [-0.1, -0.05) is 18.2 Å². The van der Waals surface area contributed by atoms with Gasteiger partial charge in [0.1, 0.15) is 17.5 Å². The lowest BCUT2D eigenvalue weighted by molar-refractivity contribution is 0.480. The van der Waals surface area contributed by atoms with Crippen LogP contribution in [0.5, 0.6) is 0 Å². The van der Waals surface area contributed by atoms with Gasteiger partial charge in [-0.15, -0.1) is 0 Å². The third kappa shape index (κ3) is 3.04. The molecule has 1 unspecified atom stereocenters. The van der Waals surface area contributed by atoms with Crippen molar-refractivity contribution in [1.29, 1.82) is 0 Å². The number of halogens is 4. The van der Waals surface area contributed by atoms with Gasteiger partial charge in [0.25, 0.3) is 0 Å². The van der Waals surface area contributed by atoms with Gasteiger partial charge >= 0.3 is 0 Å². The molecule has 0 spiro atoms. The van der Waals surface area contributed by atoms with Gasteiger partial charge in [-0.2, -0.15) is 0 Å². The van der Waals surface area contributed by atoms with Crippen LogP contribution in [0, 0.1) is 17.5 Å². The zero-order chi connectivity index (χ0) is 14.7. The number of hydrogen-bond acceptors (Lipinski definition) is 1. The summed E-state index contributed by atoms with van der Waals surface area (Å²) in [6.07, 6.45) is 0.160. The van der Waals surface area contributed by atoms with Crippen molar-refractivity contribution in [3.8, 4) is 0 Å². The molecule has 0 saturated heterocycles. The standard InChI is InChI=1S/C15H13BrF3N/c1-20-13(8-9-4-2-3-5-11(9)17)14-12(18)7-6-10(16)15(14)19/h2-7,13,20H,8H2,1H3. The summed E-state index contributed by atoms with van der Waals surface area (Å²) in [5.74, 6) is -1.70. The van der Waals surface area contributed by atoms with E-state index in [1.807, 2.05) is 0 Å². The van der Waals surface area contributed by atoms with Crippen molar-refractivity contribution in [3.63, 3.8) is 0 Å². The second-order valence-corrected chi connectivity index (χ2v) is 5.25. The Bertz CT molecular complexity index is 616. The third-order valence-electron chi connectivity index (χ3n) is 3.16. The van der Waals surface area contributed by atoms with E-state index in [2.05, 4.69) is 21.2 Å². The highest BCUT2D eigenvalue weighted by Crippen LogP contribution is 2.29. The average molecular weight is 344 g/mol. The molecule has 1 atom stereocenters. The minimum absolute atomic E-state index is 0.0925. The van der Waals surface area contributed by atoms with Gasteiger partial charge in [-0.3, -0.25) is 0 Å². The fraction of sp³-hybridized carbons (Fsp3) is 0.200. The summed E-state index contributed by atoms with van der Waals surface area (Å²) in [5, 5.41) is 2.84. The van der Waals surface area contributed by atoms with Crippen molar-refractivity contribution in [1.82, 2.24) is 5.32 Å². The Morgan fingerprint density at radius 2 is 1.75 bits per heavy atom. The summed E-state index contributed by atoms with van der Waals surface area (Å²) in [4.78, 5) is 0. The highest BCUT2D eigenvalue weighted by Gasteiger charge is 2.22. The Morgan fingerprint density at radius 3 is 2.40 bits per heavy atom. The van der Waals surface area contributed by atoms with Crippen LogP contribution in [-0.4, -0.2) is 7.05 Å². The third-order valence-corrected chi connectivity index (χ3v) is 3.77. The molecule has 0 aliphatic carbocycles. The Morgan fingerprint density at radius 1 is 1.05 bits per heavy atom. The molecule has 0 fully saturated rings. The monoisotopic (exact) mass is 343 g/mol. The van der Waals surface area contributed by atoms with Crippen molar-refractivity contribution in [3.05, 3.63) is 69.4 Å². The minimum atomic E-state index is -0.666. The molecule has 5 heteroatoms. The van der Waals surface area contributed by atoms with E-state index in [-0.39, 0.29) is 22.3 Å². The van der Waals surface area contributed by atoms with E-state index in [1.54, 1.807) is 25.2 Å². The molecular formula is C15H13BrF3N. The molecule has 0 aliphatic heterocycles. The molecular weight excluding hydrogens is 331 g/mol. The smallest absolute Gasteiger partial charge is 0.145 e. The zero-order valence-electron chi connectivity index (χ0n) is 10.8. The van der Waals surface area contributed by atoms with Crippen LogP contribution < -0.4 is 5.32 Å². The summed E-state index contributed by atoms with van der Waals surface area (Å²) in [6.45, 7) is 0.